The molecule has 0 bridgehead atoms. The predicted octanol–water partition coefficient (Wildman–Crippen LogP) is 0.755. The van der Waals surface area contributed by atoms with Crippen molar-refractivity contribution in [2.75, 3.05) is 39.5 Å². The summed E-state index contributed by atoms with van der Waals surface area (Å²) in [7, 11) is -1.36. The normalized spacial score (nSPS) is 18.8. The molecule has 1 atom stereocenters. The highest BCUT2D eigenvalue weighted by atomic mass is 32.2. The zero-order valence-electron chi connectivity index (χ0n) is 15.7. The van der Waals surface area contributed by atoms with E-state index < -0.39 is 10.0 Å². The standard InChI is InChI=1S/C18H31N5O2S/c1-19-18(20-11-7-12-22-26(2,24)25)21-14-17-10-6-13-23(17)15-16-8-4-3-5-9-16/h3-5,8-9,17,22H,6-7,10-15H2,1-2H3,(H2,19,20,21). The lowest BCUT2D eigenvalue weighted by molar-refractivity contribution is 0.245. The van der Waals surface area contributed by atoms with Crippen molar-refractivity contribution in [3.63, 3.8) is 0 Å². The van der Waals surface area contributed by atoms with Gasteiger partial charge in [-0.2, -0.15) is 0 Å². The van der Waals surface area contributed by atoms with Gasteiger partial charge in [-0.05, 0) is 31.4 Å². The first-order valence-corrected chi connectivity index (χ1v) is 11.0. The van der Waals surface area contributed by atoms with Gasteiger partial charge in [-0.3, -0.25) is 9.89 Å². The molecular formula is C18H31N5O2S. The topological polar surface area (TPSA) is 85.8 Å². The van der Waals surface area contributed by atoms with Crippen LogP contribution in [0.2, 0.25) is 0 Å². The Morgan fingerprint density at radius 3 is 2.69 bits per heavy atom. The van der Waals surface area contributed by atoms with E-state index in [0.717, 1.165) is 25.6 Å². The number of guanidine groups is 1. The molecular weight excluding hydrogens is 350 g/mol. The van der Waals surface area contributed by atoms with E-state index in [2.05, 4.69) is 49.5 Å². The van der Waals surface area contributed by atoms with Crippen LogP contribution in [-0.2, 0) is 16.6 Å². The number of nitrogens with one attached hydrogen (secondary N) is 3. The first kappa shape index (κ1) is 20.7. The Kier molecular flexibility index (Phi) is 8.34. The molecule has 8 heteroatoms. The summed E-state index contributed by atoms with van der Waals surface area (Å²) in [5.41, 5.74) is 1.35. The monoisotopic (exact) mass is 381 g/mol. The second-order valence-electron chi connectivity index (χ2n) is 6.65. The Balaban J connectivity index is 1.70. The molecule has 2 rings (SSSR count). The molecule has 0 saturated carbocycles. The van der Waals surface area contributed by atoms with E-state index in [4.69, 9.17) is 0 Å². The number of nitrogens with zero attached hydrogens (tertiary/aromatic N) is 2. The molecule has 1 aliphatic heterocycles. The number of aliphatic imine (C=N–C) groups is 1. The lowest BCUT2D eigenvalue weighted by Gasteiger charge is -2.25. The highest BCUT2D eigenvalue weighted by Gasteiger charge is 2.24. The minimum Gasteiger partial charge on any atom is -0.356 e. The Bertz CT molecular complexity index is 663. The summed E-state index contributed by atoms with van der Waals surface area (Å²) in [5.74, 6) is 0.760. The van der Waals surface area contributed by atoms with Crippen LogP contribution < -0.4 is 15.4 Å². The molecule has 0 spiro atoms. The van der Waals surface area contributed by atoms with Crippen molar-refractivity contribution in [1.82, 2.24) is 20.3 Å². The molecule has 1 aromatic carbocycles. The fraction of sp³-hybridized carbons (Fsp3) is 0.611. The molecule has 0 aliphatic carbocycles. The van der Waals surface area contributed by atoms with Crippen LogP contribution in [0.15, 0.2) is 35.3 Å². The van der Waals surface area contributed by atoms with E-state index in [1.807, 2.05) is 6.07 Å². The second-order valence-corrected chi connectivity index (χ2v) is 8.49. The molecule has 0 radical (unpaired) electrons. The number of rotatable bonds is 9. The summed E-state index contributed by atoms with van der Waals surface area (Å²) in [6.07, 6.45) is 4.29. The van der Waals surface area contributed by atoms with Gasteiger partial charge in [0.25, 0.3) is 0 Å². The molecule has 1 heterocycles. The van der Waals surface area contributed by atoms with Crippen LogP contribution in [0.25, 0.3) is 0 Å². The lowest BCUT2D eigenvalue weighted by Crippen LogP contribution is -2.45. The molecule has 1 saturated heterocycles. The van der Waals surface area contributed by atoms with Crippen LogP contribution in [0.3, 0.4) is 0 Å². The molecule has 0 amide bonds. The van der Waals surface area contributed by atoms with E-state index in [9.17, 15) is 8.42 Å². The number of hydrogen-bond acceptors (Lipinski definition) is 4. The van der Waals surface area contributed by atoms with Crippen LogP contribution in [0.5, 0.6) is 0 Å². The summed E-state index contributed by atoms with van der Waals surface area (Å²) in [5, 5.41) is 6.62. The molecule has 146 valence electrons. The SMILES string of the molecule is CN=C(NCCCNS(C)(=O)=O)NCC1CCCN1Cc1ccccc1. The Morgan fingerprint density at radius 2 is 2.00 bits per heavy atom. The smallest absolute Gasteiger partial charge is 0.208 e. The maximum Gasteiger partial charge on any atom is 0.208 e. The van der Waals surface area contributed by atoms with Crippen LogP contribution >= 0.6 is 0 Å². The van der Waals surface area contributed by atoms with E-state index in [0.29, 0.717) is 25.6 Å². The average molecular weight is 382 g/mol. The summed E-state index contributed by atoms with van der Waals surface area (Å²) in [6, 6.07) is 11.1. The molecule has 7 nitrogen and oxygen atoms in total. The van der Waals surface area contributed by atoms with Crippen molar-refractivity contribution >= 4 is 16.0 Å². The number of sulfonamides is 1. The Morgan fingerprint density at radius 1 is 1.23 bits per heavy atom. The number of benzene rings is 1. The maximum absolute atomic E-state index is 11.0. The molecule has 3 N–H and O–H groups in total. The fourth-order valence-electron chi connectivity index (χ4n) is 3.14. The van der Waals surface area contributed by atoms with Gasteiger partial charge < -0.3 is 10.6 Å². The van der Waals surface area contributed by atoms with E-state index in [1.165, 1.54) is 24.7 Å². The van der Waals surface area contributed by atoms with Crippen LogP contribution in [0, 0.1) is 0 Å². The third kappa shape index (κ3) is 7.72. The van der Waals surface area contributed by atoms with Gasteiger partial charge >= 0.3 is 0 Å². The number of likely N-dealkylation sites (tertiary alicyclic amines) is 1. The molecule has 0 aromatic heterocycles. The van der Waals surface area contributed by atoms with Crippen molar-refractivity contribution in [1.29, 1.82) is 0 Å². The van der Waals surface area contributed by atoms with Gasteiger partial charge in [0.15, 0.2) is 5.96 Å². The Hall–Kier alpha value is -1.64. The minimum absolute atomic E-state index is 0.427. The first-order valence-electron chi connectivity index (χ1n) is 9.15. The van der Waals surface area contributed by atoms with Crippen molar-refractivity contribution in [3.8, 4) is 0 Å². The van der Waals surface area contributed by atoms with Gasteiger partial charge in [0.2, 0.25) is 10.0 Å². The highest BCUT2D eigenvalue weighted by molar-refractivity contribution is 7.88. The van der Waals surface area contributed by atoms with E-state index in [1.54, 1.807) is 7.05 Å². The minimum atomic E-state index is -3.11. The van der Waals surface area contributed by atoms with Crippen molar-refractivity contribution in [2.45, 2.75) is 31.8 Å². The van der Waals surface area contributed by atoms with Gasteiger partial charge in [-0.15, -0.1) is 0 Å². The highest BCUT2D eigenvalue weighted by Crippen LogP contribution is 2.19. The van der Waals surface area contributed by atoms with Gasteiger partial charge in [-0.25, -0.2) is 13.1 Å². The van der Waals surface area contributed by atoms with Gasteiger partial charge in [0.05, 0.1) is 6.26 Å². The van der Waals surface area contributed by atoms with Gasteiger partial charge in [0.1, 0.15) is 0 Å². The third-order valence-electron chi connectivity index (χ3n) is 4.47. The first-order chi connectivity index (χ1) is 12.5. The molecule has 1 fully saturated rings. The summed E-state index contributed by atoms with van der Waals surface area (Å²) >= 11 is 0. The fourth-order valence-corrected chi connectivity index (χ4v) is 3.66. The average Bonchev–Trinajstić information content (AvgIpc) is 3.04. The quantitative estimate of drug-likeness (QED) is 0.334. The number of hydrogen-bond donors (Lipinski definition) is 3. The van der Waals surface area contributed by atoms with Gasteiger partial charge in [-0.1, -0.05) is 30.3 Å². The van der Waals surface area contributed by atoms with Crippen molar-refractivity contribution < 1.29 is 8.42 Å². The van der Waals surface area contributed by atoms with Crippen LogP contribution in [0.1, 0.15) is 24.8 Å². The summed E-state index contributed by atoms with van der Waals surface area (Å²) < 4.78 is 24.5. The van der Waals surface area contributed by atoms with Crippen molar-refractivity contribution in [3.05, 3.63) is 35.9 Å². The Labute approximate surface area is 157 Å². The van der Waals surface area contributed by atoms with E-state index in [-0.39, 0.29) is 0 Å². The summed E-state index contributed by atoms with van der Waals surface area (Å²) in [4.78, 5) is 6.76. The van der Waals surface area contributed by atoms with E-state index >= 15 is 0 Å². The van der Waals surface area contributed by atoms with Crippen molar-refractivity contribution in [2.24, 2.45) is 4.99 Å². The molecule has 1 unspecified atom stereocenters. The zero-order chi connectivity index (χ0) is 18.8. The lowest BCUT2D eigenvalue weighted by atomic mass is 10.2. The molecule has 26 heavy (non-hydrogen) atoms. The van der Waals surface area contributed by atoms with Gasteiger partial charge in [0, 0.05) is 39.3 Å². The molecule has 1 aromatic rings. The zero-order valence-corrected chi connectivity index (χ0v) is 16.6. The van der Waals surface area contributed by atoms with Crippen LogP contribution in [-0.4, -0.2) is 64.8 Å². The largest absolute Gasteiger partial charge is 0.356 e. The predicted molar refractivity (Wildman–Crippen MR) is 107 cm³/mol. The third-order valence-corrected chi connectivity index (χ3v) is 5.20. The molecule has 1 aliphatic rings. The van der Waals surface area contributed by atoms with Crippen LogP contribution in [0.4, 0.5) is 0 Å². The second kappa shape index (κ2) is 10.5. The summed E-state index contributed by atoms with van der Waals surface area (Å²) in [6.45, 7) is 4.06. The maximum atomic E-state index is 11.0.